The summed E-state index contributed by atoms with van der Waals surface area (Å²) in [6.45, 7) is 2.20. The molecular weight excluding hydrogens is 508 g/mol. The molecule has 6 atom stereocenters. The van der Waals surface area contributed by atoms with Gasteiger partial charge in [-0.05, 0) is 36.0 Å². The van der Waals surface area contributed by atoms with Gasteiger partial charge in [-0.15, -0.1) is 0 Å². The SMILES string of the molecule is CO[C@H]1O[C@H](COC2CCCCO2)[C@@H](OCc2ccccc2)[C@@H](OCc2ccccc2)[C@H]1OCc1ccccc1. The van der Waals surface area contributed by atoms with Crippen LogP contribution in [0.1, 0.15) is 36.0 Å². The lowest BCUT2D eigenvalue weighted by Crippen LogP contribution is -2.61. The van der Waals surface area contributed by atoms with Gasteiger partial charge in [0.2, 0.25) is 0 Å². The summed E-state index contributed by atoms with van der Waals surface area (Å²) >= 11 is 0. The molecule has 0 bridgehead atoms. The Morgan fingerprint density at radius 2 is 1.15 bits per heavy atom. The second-order valence-corrected chi connectivity index (χ2v) is 10.2. The molecule has 0 aromatic heterocycles. The van der Waals surface area contributed by atoms with Crippen LogP contribution in [0.5, 0.6) is 0 Å². The highest BCUT2D eigenvalue weighted by molar-refractivity contribution is 5.15. The third-order valence-electron chi connectivity index (χ3n) is 7.26. The molecule has 2 heterocycles. The van der Waals surface area contributed by atoms with E-state index in [-0.39, 0.29) is 6.29 Å². The largest absolute Gasteiger partial charge is 0.368 e. The second-order valence-electron chi connectivity index (χ2n) is 10.2. The van der Waals surface area contributed by atoms with E-state index in [0.717, 1.165) is 36.0 Å². The normalized spacial score (nSPS) is 26.9. The highest BCUT2D eigenvalue weighted by Crippen LogP contribution is 2.31. The van der Waals surface area contributed by atoms with E-state index in [4.69, 9.17) is 33.2 Å². The van der Waals surface area contributed by atoms with Crippen LogP contribution in [0.2, 0.25) is 0 Å². The molecule has 0 amide bonds. The van der Waals surface area contributed by atoms with Gasteiger partial charge in [-0.25, -0.2) is 0 Å². The monoisotopic (exact) mass is 548 g/mol. The summed E-state index contributed by atoms with van der Waals surface area (Å²) < 4.78 is 44.0. The fraction of sp³-hybridized carbons (Fsp3) is 0.455. The molecule has 0 saturated carbocycles. The fourth-order valence-corrected chi connectivity index (χ4v) is 5.11. The van der Waals surface area contributed by atoms with Crippen molar-refractivity contribution in [2.45, 2.75) is 76.1 Å². The zero-order valence-corrected chi connectivity index (χ0v) is 23.1. The summed E-state index contributed by atoms with van der Waals surface area (Å²) in [4.78, 5) is 0. The van der Waals surface area contributed by atoms with Gasteiger partial charge < -0.3 is 33.2 Å². The Labute approximate surface area is 237 Å². The minimum atomic E-state index is -0.665. The van der Waals surface area contributed by atoms with E-state index >= 15 is 0 Å². The summed E-state index contributed by atoms with van der Waals surface area (Å²) in [5.41, 5.74) is 3.19. The average molecular weight is 549 g/mol. The van der Waals surface area contributed by atoms with E-state index < -0.39 is 30.7 Å². The molecule has 3 aromatic carbocycles. The van der Waals surface area contributed by atoms with Crippen LogP contribution in [0, 0.1) is 0 Å². The van der Waals surface area contributed by atoms with Gasteiger partial charge in [0.25, 0.3) is 0 Å². The Bertz CT molecular complexity index is 1090. The Kier molecular flexibility index (Phi) is 11.1. The molecule has 5 rings (SSSR count). The van der Waals surface area contributed by atoms with Crippen molar-refractivity contribution in [2.24, 2.45) is 0 Å². The maximum absolute atomic E-state index is 6.63. The number of ether oxygens (including phenoxy) is 7. The van der Waals surface area contributed by atoms with Crippen LogP contribution in [0.4, 0.5) is 0 Å². The van der Waals surface area contributed by atoms with Crippen LogP contribution in [0.25, 0.3) is 0 Å². The molecule has 2 fully saturated rings. The minimum absolute atomic E-state index is 0.246. The summed E-state index contributed by atoms with van der Waals surface area (Å²) in [7, 11) is 1.63. The van der Waals surface area contributed by atoms with E-state index in [1.807, 2.05) is 91.0 Å². The number of hydrogen-bond acceptors (Lipinski definition) is 7. The molecule has 0 radical (unpaired) electrons. The summed E-state index contributed by atoms with van der Waals surface area (Å²) in [6, 6.07) is 30.3. The average Bonchev–Trinajstić information content (AvgIpc) is 3.03. The number of hydrogen-bond donors (Lipinski definition) is 0. The van der Waals surface area contributed by atoms with Gasteiger partial charge in [0.15, 0.2) is 12.6 Å². The van der Waals surface area contributed by atoms with Crippen molar-refractivity contribution in [1.29, 1.82) is 0 Å². The molecule has 0 N–H and O–H groups in total. The topological polar surface area (TPSA) is 64.6 Å². The standard InChI is InChI=1S/C33H40O7/c1-34-33-32(39-23-27-17-9-4-10-18-27)31(38-22-26-15-7-3-8-16-26)30(37-21-25-13-5-2-6-14-25)28(40-33)24-36-29-19-11-12-20-35-29/h2-10,13-18,28-33H,11-12,19-24H2,1H3/t28-,29?,30-,31-,32-,33+/m1/s1. The lowest BCUT2D eigenvalue weighted by Gasteiger charge is -2.45. The molecule has 2 aliphatic rings. The number of rotatable bonds is 13. The molecular formula is C33H40O7. The zero-order chi connectivity index (χ0) is 27.4. The third kappa shape index (κ3) is 8.21. The van der Waals surface area contributed by atoms with Crippen LogP contribution in [-0.4, -0.2) is 57.3 Å². The maximum atomic E-state index is 6.63. The van der Waals surface area contributed by atoms with Gasteiger partial charge >= 0.3 is 0 Å². The highest BCUT2D eigenvalue weighted by Gasteiger charge is 2.49. The first-order valence-electron chi connectivity index (χ1n) is 14.2. The van der Waals surface area contributed by atoms with Gasteiger partial charge in [0, 0.05) is 13.7 Å². The predicted octanol–water partition coefficient (Wildman–Crippen LogP) is 5.66. The van der Waals surface area contributed by atoms with Gasteiger partial charge in [0.05, 0.1) is 26.4 Å². The van der Waals surface area contributed by atoms with E-state index in [9.17, 15) is 0 Å². The van der Waals surface area contributed by atoms with Crippen LogP contribution in [0.15, 0.2) is 91.0 Å². The van der Waals surface area contributed by atoms with Crippen molar-refractivity contribution in [3.63, 3.8) is 0 Å². The number of benzene rings is 3. The van der Waals surface area contributed by atoms with Crippen molar-refractivity contribution in [2.75, 3.05) is 20.3 Å². The first-order valence-corrected chi connectivity index (χ1v) is 14.2. The van der Waals surface area contributed by atoms with Crippen molar-refractivity contribution in [3.05, 3.63) is 108 Å². The zero-order valence-electron chi connectivity index (χ0n) is 23.1. The van der Waals surface area contributed by atoms with Crippen molar-refractivity contribution < 1.29 is 33.2 Å². The fourth-order valence-electron chi connectivity index (χ4n) is 5.11. The molecule has 7 heteroatoms. The second kappa shape index (κ2) is 15.4. The summed E-state index contributed by atoms with van der Waals surface area (Å²) in [5, 5.41) is 0. The van der Waals surface area contributed by atoms with E-state index in [1.54, 1.807) is 7.11 Å². The van der Waals surface area contributed by atoms with E-state index in [0.29, 0.717) is 33.0 Å². The summed E-state index contributed by atoms with van der Waals surface area (Å²) in [6.07, 6.45) is 0.172. The molecule has 214 valence electrons. The van der Waals surface area contributed by atoms with Crippen LogP contribution in [0.3, 0.4) is 0 Å². The quantitative estimate of drug-likeness (QED) is 0.273. The predicted molar refractivity (Wildman–Crippen MR) is 150 cm³/mol. The van der Waals surface area contributed by atoms with Gasteiger partial charge in [-0.3, -0.25) is 0 Å². The minimum Gasteiger partial charge on any atom is -0.368 e. The van der Waals surface area contributed by atoms with Gasteiger partial charge in [-0.2, -0.15) is 0 Å². The lowest BCUT2D eigenvalue weighted by atomic mass is 9.97. The van der Waals surface area contributed by atoms with Crippen molar-refractivity contribution in [3.8, 4) is 0 Å². The Morgan fingerprint density at radius 1 is 0.625 bits per heavy atom. The maximum Gasteiger partial charge on any atom is 0.186 e. The molecule has 7 nitrogen and oxygen atoms in total. The van der Waals surface area contributed by atoms with Crippen LogP contribution >= 0.6 is 0 Å². The van der Waals surface area contributed by atoms with Crippen LogP contribution < -0.4 is 0 Å². The molecule has 40 heavy (non-hydrogen) atoms. The van der Waals surface area contributed by atoms with Crippen LogP contribution in [-0.2, 0) is 53.0 Å². The first kappa shape index (κ1) is 28.9. The molecule has 3 aromatic rings. The molecule has 1 unspecified atom stereocenters. The third-order valence-corrected chi connectivity index (χ3v) is 7.26. The lowest BCUT2D eigenvalue weighted by molar-refractivity contribution is -0.328. The summed E-state index contributed by atoms with van der Waals surface area (Å²) in [5.74, 6) is 0. The molecule has 2 saturated heterocycles. The van der Waals surface area contributed by atoms with Crippen molar-refractivity contribution in [1.82, 2.24) is 0 Å². The molecule has 0 spiro atoms. The first-order chi connectivity index (χ1) is 19.8. The highest BCUT2D eigenvalue weighted by atomic mass is 16.7. The van der Waals surface area contributed by atoms with E-state index in [2.05, 4.69) is 0 Å². The van der Waals surface area contributed by atoms with Gasteiger partial charge in [-0.1, -0.05) is 91.0 Å². The molecule has 0 aliphatic carbocycles. The Balaban J connectivity index is 1.38. The molecule has 2 aliphatic heterocycles. The van der Waals surface area contributed by atoms with E-state index in [1.165, 1.54) is 0 Å². The Morgan fingerprint density at radius 3 is 1.65 bits per heavy atom. The smallest absolute Gasteiger partial charge is 0.186 e. The number of methoxy groups -OCH3 is 1. The van der Waals surface area contributed by atoms with Crippen molar-refractivity contribution >= 4 is 0 Å². The Hall–Kier alpha value is -2.62. The van der Waals surface area contributed by atoms with Gasteiger partial charge in [0.1, 0.15) is 24.4 Å².